The number of hydrogen-bond acceptors (Lipinski definition) is 2. The quantitative estimate of drug-likeness (QED) is 0.896. The minimum absolute atomic E-state index is 0.0570. The van der Waals surface area contributed by atoms with Gasteiger partial charge in [-0.15, -0.1) is 0 Å². The van der Waals surface area contributed by atoms with E-state index in [2.05, 4.69) is 0 Å². The Morgan fingerprint density at radius 2 is 2.11 bits per heavy atom. The summed E-state index contributed by atoms with van der Waals surface area (Å²) in [6.45, 7) is 3.82. The molecule has 0 fully saturated rings. The van der Waals surface area contributed by atoms with Gasteiger partial charge in [-0.05, 0) is 36.8 Å². The number of furan rings is 1. The lowest BCUT2D eigenvalue weighted by molar-refractivity contribution is -0.137. The standard InChI is InChI=1S/C15H15ClO3/c1-9-3-4-11(16)8-12(9)14-6-5-13(19-14)10(2)7-15(17)18/h3-6,8,10H,7H2,1-2H3,(H,17,18). The van der Waals surface area contributed by atoms with Crippen molar-refractivity contribution < 1.29 is 14.3 Å². The number of carbonyl (C=O) groups is 1. The van der Waals surface area contributed by atoms with Crippen molar-refractivity contribution in [2.45, 2.75) is 26.2 Å². The summed E-state index contributed by atoms with van der Waals surface area (Å²) < 4.78 is 5.75. The van der Waals surface area contributed by atoms with Crippen LogP contribution >= 0.6 is 11.6 Å². The van der Waals surface area contributed by atoms with E-state index in [0.29, 0.717) is 16.5 Å². The van der Waals surface area contributed by atoms with Gasteiger partial charge in [-0.3, -0.25) is 4.79 Å². The number of carboxylic acid groups (broad SMARTS) is 1. The van der Waals surface area contributed by atoms with Crippen LogP contribution in [-0.2, 0) is 4.79 Å². The molecule has 0 aliphatic heterocycles. The Hall–Kier alpha value is -1.74. The molecular weight excluding hydrogens is 264 g/mol. The van der Waals surface area contributed by atoms with Gasteiger partial charge >= 0.3 is 5.97 Å². The fraction of sp³-hybridized carbons (Fsp3) is 0.267. The number of benzene rings is 1. The van der Waals surface area contributed by atoms with E-state index < -0.39 is 5.97 Å². The first-order chi connectivity index (χ1) is 8.97. The van der Waals surface area contributed by atoms with E-state index in [0.717, 1.165) is 11.1 Å². The third-order valence-electron chi connectivity index (χ3n) is 3.06. The first-order valence-corrected chi connectivity index (χ1v) is 6.43. The van der Waals surface area contributed by atoms with E-state index in [1.54, 1.807) is 0 Å². The summed E-state index contributed by atoms with van der Waals surface area (Å²) >= 11 is 5.99. The molecule has 0 amide bonds. The number of hydrogen-bond donors (Lipinski definition) is 1. The highest BCUT2D eigenvalue weighted by Gasteiger charge is 2.15. The minimum Gasteiger partial charge on any atom is -0.481 e. The fourth-order valence-electron chi connectivity index (χ4n) is 1.98. The molecule has 2 aromatic rings. The predicted octanol–water partition coefficient (Wildman–Crippen LogP) is 4.49. The monoisotopic (exact) mass is 278 g/mol. The van der Waals surface area contributed by atoms with Crippen LogP contribution in [0.15, 0.2) is 34.7 Å². The number of halogens is 1. The van der Waals surface area contributed by atoms with Crippen LogP contribution in [0, 0.1) is 6.92 Å². The second-order valence-electron chi connectivity index (χ2n) is 4.66. The molecule has 3 nitrogen and oxygen atoms in total. The number of aliphatic carboxylic acids is 1. The SMILES string of the molecule is Cc1ccc(Cl)cc1-c1ccc(C(C)CC(=O)O)o1. The Bertz CT molecular complexity index is 601. The van der Waals surface area contributed by atoms with Crippen molar-refractivity contribution >= 4 is 17.6 Å². The van der Waals surface area contributed by atoms with E-state index >= 15 is 0 Å². The maximum absolute atomic E-state index is 10.7. The topological polar surface area (TPSA) is 50.4 Å². The average Bonchev–Trinajstić information content (AvgIpc) is 2.80. The summed E-state index contributed by atoms with van der Waals surface area (Å²) in [4.78, 5) is 10.7. The summed E-state index contributed by atoms with van der Waals surface area (Å²) in [5.41, 5.74) is 2.00. The lowest BCUT2D eigenvalue weighted by atomic mass is 10.1. The zero-order valence-electron chi connectivity index (χ0n) is 10.8. The van der Waals surface area contributed by atoms with Crippen LogP contribution in [0.5, 0.6) is 0 Å². The number of carboxylic acids is 1. The van der Waals surface area contributed by atoms with Crippen LogP contribution in [0.25, 0.3) is 11.3 Å². The van der Waals surface area contributed by atoms with Crippen LogP contribution in [-0.4, -0.2) is 11.1 Å². The minimum atomic E-state index is -0.829. The molecule has 0 saturated carbocycles. The van der Waals surface area contributed by atoms with E-state index in [4.69, 9.17) is 21.1 Å². The molecule has 0 aliphatic rings. The highest BCUT2D eigenvalue weighted by Crippen LogP contribution is 2.31. The van der Waals surface area contributed by atoms with E-state index in [-0.39, 0.29) is 12.3 Å². The Labute approximate surface area is 116 Å². The molecule has 1 heterocycles. The van der Waals surface area contributed by atoms with E-state index in [9.17, 15) is 4.79 Å². The molecular formula is C15H15ClO3. The van der Waals surface area contributed by atoms with Crippen molar-refractivity contribution in [2.24, 2.45) is 0 Å². The normalized spacial score (nSPS) is 12.4. The van der Waals surface area contributed by atoms with E-state index in [1.165, 1.54) is 0 Å². The van der Waals surface area contributed by atoms with Crippen LogP contribution < -0.4 is 0 Å². The maximum atomic E-state index is 10.7. The molecule has 0 radical (unpaired) electrons. The van der Waals surface area contributed by atoms with E-state index in [1.807, 2.05) is 44.2 Å². The summed E-state index contributed by atoms with van der Waals surface area (Å²) in [6.07, 6.45) is 0.0570. The van der Waals surface area contributed by atoms with Gasteiger partial charge in [0.15, 0.2) is 0 Å². The van der Waals surface area contributed by atoms with Gasteiger partial charge in [-0.25, -0.2) is 0 Å². The van der Waals surface area contributed by atoms with Gasteiger partial charge in [0.05, 0.1) is 6.42 Å². The molecule has 1 N–H and O–H groups in total. The Morgan fingerprint density at radius 1 is 1.37 bits per heavy atom. The Morgan fingerprint density at radius 3 is 2.79 bits per heavy atom. The molecule has 0 saturated heterocycles. The van der Waals surface area contributed by atoms with Crippen LogP contribution in [0.1, 0.15) is 30.6 Å². The van der Waals surface area contributed by atoms with Crippen molar-refractivity contribution in [1.82, 2.24) is 0 Å². The second-order valence-corrected chi connectivity index (χ2v) is 5.10. The van der Waals surface area contributed by atoms with Crippen LogP contribution in [0.2, 0.25) is 5.02 Å². The number of aryl methyl sites for hydroxylation is 1. The summed E-state index contributed by atoms with van der Waals surface area (Å²) in [5.74, 6) is 0.416. The van der Waals surface area contributed by atoms with Crippen molar-refractivity contribution in [1.29, 1.82) is 0 Å². The van der Waals surface area contributed by atoms with Crippen LogP contribution in [0.4, 0.5) is 0 Å². The maximum Gasteiger partial charge on any atom is 0.304 e. The summed E-state index contributed by atoms with van der Waals surface area (Å²) in [6, 6.07) is 9.29. The zero-order valence-corrected chi connectivity index (χ0v) is 11.6. The van der Waals surface area contributed by atoms with Gasteiger partial charge in [0.2, 0.25) is 0 Å². The molecule has 100 valence electrons. The smallest absolute Gasteiger partial charge is 0.304 e. The molecule has 19 heavy (non-hydrogen) atoms. The Kier molecular flexibility index (Phi) is 3.96. The summed E-state index contributed by atoms with van der Waals surface area (Å²) in [5, 5.41) is 9.44. The van der Waals surface area contributed by atoms with Gasteiger partial charge in [0.25, 0.3) is 0 Å². The van der Waals surface area contributed by atoms with Gasteiger partial charge in [0.1, 0.15) is 11.5 Å². The molecule has 1 aromatic heterocycles. The fourth-order valence-corrected chi connectivity index (χ4v) is 2.16. The first kappa shape index (κ1) is 13.7. The van der Waals surface area contributed by atoms with Crippen molar-refractivity contribution in [2.75, 3.05) is 0 Å². The summed E-state index contributed by atoms with van der Waals surface area (Å²) in [7, 11) is 0. The second kappa shape index (κ2) is 5.49. The van der Waals surface area contributed by atoms with Crippen molar-refractivity contribution in [3.8, 4) is 11.3 Å². The third-order valence-corrected chi connectivity index (χ3v) is 3.29. The lowest BCUT2D eigenvalue weighted by Crippen LogP contribution is -2.01. The Balaban J connectivity index is 2.30. The molecule has 4 heteroatoms. The zero-order chi connectivity index (χ0) is 14.0. The largest absolute Gasteiger partial charge is 0.481 e. The molecule has 2 rings (SSSR count). The molecule has 0 aliphatic carbocycles. The molecule has 0 bridgehead atoms. The van der Waals surface area contributed by atoms with Gasteiger partial charge in [0, 0.05) is 16.5 Å². The highest BCUT2D eigenvalue weighted by molar-refractivity contribution is 6.30. The average molecular weight is 279 g/mol. The third kappa shape index (κ3) is 3.18. The molecule has 1 unspecified atom stereocenters. The van der Waals surface area contributed by atoms with Gasteiger partial charge < -0.3 is 9.52 Å². The predicted molar refractivity (Wildman–Crippen MR) is 74.6 cm³/mol. The van der Waals surface area contributed by atoms with Gasteiger partial charge in [-0.2, -0.15) is 0 Å². The first-order valence-electron chi connectivity index (χ1n) is 6.05. The molecule has 1 aromatic carbocycles. The lowest BCUT2D eigenvalue weighted by Gasteiger charge is -2.06. The molecule has 1 atom stereocenters. The van der Waals surface area contributed by atoms with Crippen LogP contribution in [0.3, 0.4) is 0 Å². The van der Waals surface area contributed by atoms with Crippen molar-refractivity contribution in [3.05, 3.63) is 46.7 Å². The number of rotatable bonds is 4. The van der Waals surface area contributed by atoms with Crippen molar-refractivity contribution in [3.63, 3.8) is 0 Å². The highest BCUT2D eigenvalue weighted by atomic mass is 35.5. The molecule has 0 spiro atoms. The van der Waals surface area contributed by atoms with Gasteiger partial charge in [-0.1, -0.05) is 24.6 Å².